The van der Waals surface area contributed by atoms with Crippen LogP contribution < -0.4 is 5.48 Å². The number of hydroxylamine groups is 1. The Morgan fingerprint density at radius 2 is 2.23 bits per heavy atom. The highest BCUT2D eigenvalue weighted by Gasteiger charge is 2.14. The summed E-state index contributed by atoms with van der Waals surface area (Å²) in [6, 6.07) is 4.28. The number of pyridine rings is 1. The van der Waals surface area contributed by atoms with Gasteiger partial charge in [0.1, 0.15) is 5.65 Å². The zero-order valence-electron chi connectivity index (χ0n) is 14.4. The van der Waals surface area contributed by atoms with Gasteiger partial charge in [-0.25, -0.2) is 10.5 Å². The highest BCUT2D eigenvalue weighted by molar-refractivity contribution is 5.93. The normalized spacial score (nSPS) is 17.5. The summed E-state index contributed by atoms with van der Waals surface area (Å²) in [5.74, 6) is -0.427. The van der Waals surface area contributed by atoms with Crippen LogP contribution in [-0.4, -0.2) is 33.9 Å². The summed E-state index contributed by atoms with van der Waals surface area (Å²) in [6.07, 6.45) is 12.2. The molecule has 0 saturated heterocycles. The van der Waals surface area contributed by atoms with Crippen LogP contribution in [-0.2, 0) is 16.1 Å². The zero-order chi connectivity index (χ0) is 17.9. The molecule has 3 heterocycles. The van der Waals surface area contributed by atoms with Gasteiger partial charge in [0.25, 0.3) is 5.91 Å². The van der Waals surface area contributed by atoms with Crippen molar-refractivity contribution in [1.82, 2.24) is 15.0 Å². The molecular weight excluding hydrogens is 330 g/mol. The first kappa shape index (κ1) is 16.8. The van der Waals surface area contributed by atoms with Crippen molar-refractivity contribution in [3.05, 3.63) is 59.5 Å². The molecular formula is C20H21N3O3. The summed E-state index contributed by atoms with van der Waals surface area (Å²) in [5, 5.41) is 9.84. The minimum atomic E-state index is -0.427. The van der Waals surface area contributed by atoms with E-state index in [1.165, 1.54) is 11.1 Å². The van der Waals surface area contributed by atoms with Crippen LogP contribution in [0.25, 0.3) is 16.6 Å². The third kappa shape index (κ3) is 3.34. The van der Waals surface area contributed by atoms with E-state index in [1.54, 1.807) is 11.6 Å². The Kier molecular flexibility index (Phi) is 4.69. The van der Waals surface area contributed by atoms with E-state index < -0.39 is 5.91 Å². The van der Waals surface area contributed by atoms with Crippen LogP contribution in [0, 0.1) is 0 Å². The lowest BCUT2D eigenvalue weighted by atomic mass is 9.98. The van der Waals surface area contributed by atoms with Crippen molar-refractivity contribution in [2.24, 2.45) is 0 Å². The monoisotopic (exact) mass is 351 g/mol. The van der Waals surface area contributed by atoms with Crippen LogP contribution in [0.2, 0.25) is 0 Å². The first-order valence-electron chi connectivity index (χ1n) is 8.79. The van der Waals surface area contributed by atoms with Gasteiger partial charge in [0, 0.05) is 29.9 Å². The molecule has 0 aromatic carbocycles. The van der Waals surface area contributed by atoms with Gasteiger partial charge in [0.15, 0.2) is 0 Å². The molecule has 0 spiro atoms. The molecule has 1 amide bonds. The van der Waals surface area contributed by atoms with Crippen LogP contribution in [0.1, 0.15) is 24.8 Å². The number of aromatic nitrogens is 2. The van der Waals surface area contributed by atoms with Gasteiger partial charge in [-0.05, 0) is 42.5 Å². The van der Waals surface area contributed by atoms with E-state index in [0.29, 0.717) is 18.6 Å². The molecule has 26 heavy (non-hydrogen) atoms. The number of allylic oxidation sites excluding steroid dienone is 3. The van der Waals surface area contributed by atoms with Crippen molar-refractivity contribution in [2.45, 2.75) is 25.8 Å². The minimum Gasteiger partial charge on any atom is -0.377 e. The molecule has 134 valence electrons. The fourth-order valence-electron chi connectivity index (χ4n) is 3.46. The Labute approximate surface area is 151 Å². The lowest BCUT2D eigenvalue weighted by Gasteiger charge is -2.15. The second-order valence-electron chi connectivity index (χ2n) is 6.59. The lowest BCUT2D eigenvalue weighted by Crippen LogP contribution is -2.21. The Bertz CT molecular complexity index is 937. The van der Waals surface area contributed by atoms with Gasteiger partial charge in [-0.1, -0.05) is 23.8 Å². The number of carbonyl (C=O) groups excluding carboxylic acids is 1. The molecule has 0 fully saturated rings. The van der Waals surface area contributed by atoms with E-state index >= 15 is 0 Å². The molecule has 2 N–H and O–H groups in total. The van der Waals surface area contributed by atoms with E-state index in [2.05, 4.69) is 34.0 Å². The Morgan fingerprint density at radius 1 is 1.31 bits per heavy atom. The van der Waals surface area contributed by atoms with Crippen molar-refractivity contribution in [1.29, 1.82) is 0 Å². The van der Waals surface area contributed by atoms with E-state index in [-0.39, 0.29) is 0 Å². The largest absolute Gasteiger partial charge is 0.377 e. The molecule has 6 heteroatoms. The zero-order valence-corrected chi connectivity index (χ0v) is 14.4. The molecule has 0 unspecified atom stereocenters. The van der Waals surface area contributed by atoms with E-state index in [9.17, 15) is 4.79 Å². The van der Waals surface area contributed by atoms with E-state index in [4.69, 9.17) is 9.94 Å². The summed E-state index contributed by atoms with van der Waals surface area (Å²) < 4.78 is 7.51. The van der Waals surface area contributed by atoms with E-state index in [1.807, 2.05) is 12.3 Å². The van der Waals surface area contributed by atoms with Crippen molar-refractivity contribution < 1.29 is 14.7 Å². The molecule has 0 radical (unpaired) electrons. The highest BCUT2D eigenvalue weighted by Crippen LogP contribution is 2.26. The predicted octanol–water partition coefficient (Wildman–Crippen LogP) is 2.99. The quantitative estimate of drug-likeness (QED) is 0.656. The molecule has 1 aliphatic heterocycles. The third-order valence-corrected chi connectivity index (χ3v) is 4.94. The number of carbonyl (C=O) groups is 1. The number of nitrogens with one attached hydrogen (secondary N) is 1. The number of fused-ring (bicyclic) bond motifs is 1. The maximum atomic E-state index is 11.4. The molecule has 2 aromatic heterocycles. The molecule has 2 aliphatic rings. The molecule has 1 aliphatic carbocycles. The van der Waals surface area contributed by atoms with Gasteiger partial charge >= 0.3 is 0 Å². The smallest absolute Gasteiger partial charge is 0.270 e. The number of rotatable bonds is 4. The highest BCUT2D eigenvalue weighted by atomic mass is 16.5. The van der Waals surface area contributed by atoms with Crippen molar-refractivity contribution in [3.63, 3.8) is 0 Å². The first-order valence-corrected chi connectivity index (χ1v) is 8.79. The molecule has 2 aromatic rings. The van der Waals surface area contributed by atoms with Crippen LogP contribution in [0.3, 0.4) is 0 Å². The van der Waals surface area contributed by atoms with Crippen molar-refractivity contribution in [2.75, 3.05) is 13.2 Å². The number of hydrogen-bond donors (Lipinski definition) is 2. The topological polar surface area (TPSA) is 76.4 Å². The summed E-state index contributed by atoms with van der Waals surface area (Å²) in [6.45, 7) is 2.19. The average molecular weight is 351 g/mol. The molecule has 4 rings (SSSR count). The molecule has 6 nitrogen and oxygen atoms in total. The number of hydrogen-bond acceptors (Lipinski definition) is 4. The summed E-state index contributed by atoms with van der Waals surface area (Å²) in [5.41, 5.74) is 6.94. The summed E-state index contributed by atoms with van der Waals surface area (Å²) >= 11 is 0. The minimum absolute atomic E-state index is 0.427. The second-order valence-corrected chi connectivity index (χ2v) is 6.59. The second kappa shape index (κ2) is 7.27. The SMILES string of the molecule is O=C(NO)C1=CC=C(Cn2ccc3cc(C4=CCOCC4)cnc32)CC1. The fourth-order valence-corrected chi connectivity index (χ4v) is 3.46. The average Bonchev–Trinajstić information content (AvgIpc) is 3.10. The third-order valence-electron chi connectivity index (χ3n) is 4.94. The van der Waals surface area contributed by atoms with Gasteiger partial charge in [-0.3, -0.25) is 10.0 Å². The van der Waals surface area contributed by atoms with E-state index in [0.717, 1.165) is 42.6 Å². The van der Waals surface area contributed by atoms with Crippen LogP contribution in [0.4, 0.5) is 0 Å². The number of ether oxygens (including phenoxy) is 1. The lowest BCUT2D eigenvalue weighted by molar-refractivity contribution is -0.125. The predicted molar refractivity (Wildman–Crippen MR) is 98.5 cm³/mol. The maximum Gasteiger partial charge on any atom is 0.270 e. The van der Waals surface area contributed by atoms with Gasteiger partial charge in [0.2, 0.25) is 0 Å². The van der Waals surface area contributed by atoms with Crippen LogP contribution in [0.5, 0.6) is 0 Å². The van der Waals surface area contributed by atoms with Crippen LogP contribution >= 0.6 is 0 Å². The first-order chi connectivity index (χ1) is 12.7. The molecule has 0 saturated carbocycles. The molecule has 0 atom stereocenters. The summed E-state index contributed by atoms with van der Waals surface area (Å²) in [7, 11) is 0. The summed E-state index contributed by atoms with van der Waals surface area (Å²) in [4.78, 5) is 16.1. The fraction of sp³-hybridized carbons (Fsp3) is 0.300. The van der Waals surface area contributed by atoms with Crippen molar-refractivity contribution >= 4 is 22.5 Å². The van der Waals surface area contributed by atoms with Gasteiger partial charge < -0.3 is 9.30 Å². The number of amides is 1. The van der Waals surface area contributed by atoms with Gasteiger partial charge in [0.05, 0.1) is 13.2 Å². The Balaban J connectivity index is 1.55. The maximum absolute atomic E-state index is 11.4. The molecule has 0 bridgehead atoms. The Hall–Kier alpha value is -2.70. The van der Waals surface area contributed by atoms with Gasteiger partial charge in [-0.15, -0.1) is 0 Å². The van der Waals surface area contributed by atoms with Crippen molar-refractivity contribution in [3.8, 4) is 0 Å². The van der Waals surface area contributed by atoms with Gasteiger partial charge in [-0.2, -0.15) is 0 Å². The Morgan fingerprint density at radius 3 is 2.96 bits per heavy atom. The number of nitrogens with zero attached hydrogens (tertiary/aromatic N) is 2. The van der Waals surface area contributed by atoms with Crippen LogP contribution in [0.15, 0.2) is 53.9 Å². The standard InChI is InChI=1S/C20H21N3O3/c24-20(22-25)16-3-1-14(2-4-16)13-23-8-5-17-11-18(12-21-19(17)23)15-6-9-26-10-7-15/h1,3,5-6,8,11-12,25H,2,4,7,9-10,13H2,(H,22,24).